The largest absolute Gasteiger partial charge is 0.493 e. The van der Waals surface area contributed by atoms with Gasteiger partial charge in [0, 0.05) is 6.54 Å². The third kappa shape index (κ3) is 4.85. The molecule has 0 spiro atoms. The molecule has 0 aliphatic carbocycles. The van der Waals surface area contributed by atoms with Crippen molar-refractivity contribution in [2.75, 3.05) is 7.11 Å². The predicted octanol–water partition coefficient (Wildman–Crippen LogP) is 3.03. The maximum Gasteiger partial charge on any atom is 0.338 e. The minimum Gasteiger partial charge on any atom is -0.493 e. The highest BCUT2D eigenvalue weighted by Gasteiger charge is 2.14. The zero-order valence-corrected chi connectivity index (χ0v) is 15.9. The van der Waals surface area contributed by atoms with E-state index >= 15 is 0 Å². The third-order valence-corrected chi connectivity index (χ3v) is 4.01. The molecule has 146 valence electrons. The topological polar surface area (TPSA) is 88.4 Å². The number of methoxy groups -OCH3 is 1. The van der Waals surface area contributed by atoms with Gasteiger partial charge in [-0.05, 0) is 40.6 Å². The van der Waals surface area contributed by atoms with Crippen molar-refractivity contribution >= 4 is 5.97 Å². The molecule has 0 saturated carbocycles. The molecule has 0 N–H and O–H groups in total. The molecule has 2 aromatic carbocycles. The lowest BCUT2D eigenvalue weighted by Gasteiger charge is -2.12. The summed E-state index contributed by atoms with van der Waals surface area (Å²) in [4.78, 5) is 12.4. The normalized spacial score (nSPS) is 10.5. The Morgan fingerprint density at radius 2 is 1.89 bits per heavy atom. The number of hydrogen-bond acceptors (Lipinski definition) is 7. The van der Waals surface area contributed by atoms with E-state index in [0.717, 1.165) is 12.0 Å². The first kappa shape index (κ1) is 19.3. The second-order valence-electron chi connectivity index (χ2n) is 6.03. The number of benzene rings is 2. The van der Waals surface area contributed by atoms with E-state index in [1.807, 2.05) is 37.3 Å². The van der Waals surface area contributed by atoms with Gasteiger partial charge in [0.05, 0.1) is 12.7 Å². The first-order chi connectivity index (χ1) is 13.7. The van der Waals surface area contributed by atoms with E-state index in [2.05, 4.69) is 15.5 Å². The summed E-state index contributed by atoms with van der Waals surface area (Å²) in [5.74, 6) is 1.03. The van der Waals surface area contributed by atoms with Gasteiger partial charge in [0.25, 0.3) is 0 Å². The fourth-order valence-corrected chi connectivity index (χ4v) is 2.57. The van der Waals surface area contributed by atoms with Gasteiger partial charge < -0.3 is 14.2 Å². The first-order valence-corrected chi connectivity index (χ1v) is 8.98. The van der Waals surface area contributed by atoms with Gasteiger partial charge in [-0.2, -0.15) is 0 Å². The number of carbonyl (C=O) groups is 1. The molecular formula is C20H22N4O4. The predicted molar refractivity (Wildman–Crippen MR) is 101 cm³/mol. The maximum atomic E-state index is 12.4. The highest BCUT2D eigenvalue weighted by Crippen LogP contribution is 2.29. The van der Waals surface area contributed by atoms with E-state index in [1.54, 1.807) is 22.9 Å². The monoisotopic (exact) mass is 382 g/mol. The molecule has 8 nitrogen and oxygen atoms in total. The van der Waals surface area contributed by atoms with Gasteiger partial charge in [0.15, 0.2) is 23.9 Å². The standard InChI is InChI=1S/C20H22N4O4/c1-3-11-24-19(21-22-23-24)14-28-20(25)16-9-10-17(18(12-16)26-2)27-13-15-7-5-4-6-8-15/h4-10,12H,3,11,13-14H2,1-2H3. The summed E-state index contributed by atoms with van der Waals surface area (Å²) in [6.45, 7) is 3.09. The molecular weight excluding hydrogens is 360 g/mol. The lowest BCUT2D eigenvalue weighted by Crippen LogP contribution is -2.11. The molecule has 8 heteroatoms. The summed E-state index contributed by atoms with van der Waals surface area (Å²) in [7, 11) is 1.53. The van der Waals surface area contributed by atoms with E-state index < -0.39 is 5.97 Å². The number of aryl methyl sites for hydroxylation is 1. The fraction of sp³-hybridized carbons (Fsp3) is 0.300. The molecule has 0 aliphatic rings. The van der Waals surface area contributed by atoms with E-state index in [0.29, 0.717) is 36.0 Å². The molecule has 0 amide bonds. The Hall–Kier alpha value is -3.42. The number of hydrogen-bond donors (Lipinski definition) is 0. The smallest absolute Gasteiger partial charge is 0.338 e. The quantitative estimate of drug-likeness (QED) is 0.526. The summed E-state index contributed by atoms with van der Waals surface area (Å²) in [5.41, 5.74) is 1.40. The van der Waals surface area contributed by atoms with Crippen molar-refractivity contribution in [1.29, 1.82) is 0 Å². The number of ether oxygens (including phenoxy) is 3. The van der Waals surface area contributed by atoms with Crippen molar-refractivity contribution in [2.45, 2.75) is 33.1 Å². The maximum absolute atomic E-state index is 12.4. The summed E-state index contributed by atoms with van der Waals surface area (Å²) in [6, 6.07) is 14.7. The zero-order chi connectivity index (χ0) is 19.8. The van der Waals surface area contributed by atoms with Crippen LogP contribution in [0.2, 0.25) is 0 Å². The van der Waals surface area contributed by atoms with Crippen molar-refractivity contribution in [1.82, 2.24) is 20.2 Å². The van der Waals surface area contributed by atoms with Crippen molar-refractivity contribution in [2.24, 2.45) is 0 Å². The molecule has 0 bridgehead atoms. The van der Waals surface area contributed by atoms with Crippen LogP contribution in [0.15, 0.2) is 48.5 Å². The SMILES string of the molecule is CCCn1nnnc1COC(=O)c1ccc(OCc2ccccc2)c(OC)c1. The van der Waals surface area contributed by atoms with Gasteiger partial charge in [-0.25, -0.2) is 9.48 Å². The number of nitrogens with zero attached hydrogens (tertiary/aromatic N) is 4. The number of esters is 1. The Kier molecular flexibility index (Phi) is 6.56. The molecule has 28 heavy (non-hydrogen) atoms. The van der Waals surface area contributed by atoms with Crippen LogP contribution in [0.25, 0.3) is 0 Å². The van der Waals surface area contributed by atoms with Gasteiger partial charge >= 0.3 is 5.97 Å². The van der Waals surface area contributed by atoms with E-state index in [-0.39, 0.29) is 6.61 Å². The van der Waals surface area contributed by atoms with Gasteiger partial charge in [-0.3, -0.25) is 0 Å². The van der Waals surface area contributed by atoms with E-state index in [1.165, 1.54) is 7.11 Å². The third-order valence-electron chi connectivity index (χ3n) is 4.01. The lowest BCUT2D eigenvalue weighted by molar-refractivity contribution is 0.0456. The Balaban J connectivity index is 1.63. The molecule has 1 heterocycles. The number of tetrazole rings is 1. The van der Waals surface area contributed by atoms with Crippen LogP contribution < -0.4 is 9.47 Å². The van der Waals surface area contributed by atoms with Crippen molar-refractivity contribution in [3.63, 3.8) is 0 Å². The van der Waals surface area contributed by atoms with Crippen LogP contribution in [0.5, 0.6) is 11.5 Å². The summed E-state index contributed by atoms with van der Waals surface area (Å²) in [5, 5.41) is 11.4. The zero-order valence-electron chi connectivity index (χ0n) is 15.9. The van der Waals surface area contributed by atoms with Gasteiger partial charge in [0.1, 0.15) is 6.61 Å². The minimum atomic E-state index is -0.487. The Labute approximate surface area is 163 Å². The number of aromatic nitrogens is 4. The van der Waals surface area contributed by atoms with Gasteiger partial charge in [-0.1, -0.05) is 37.3 Å². The average Bonchev–Trinajstić information content (AvgIpc) is 3.18. The molecule has 0 fully saturated rings. The number of rotatable bonds is 9. The van der Waals surface area contributed by atoms with Crippen molar-refractivity contribution in [3.05, 3.63) is 65.5 Å². The number of carbonyl (C=O) groups excluding carboxylic acids is 1. The van der Waals surface area contributed by atoms with E-state index in [4.69, 9.17) is 14.2 Å². The molecule has 0 atom stereocenters. The van der Waals surface area contributed by atoms with Crippen molar-refractivity contribution in [3.8, 4) is 11.5 Å². The first-order valence-electron chi connectivity index (χ1n) is 8.98. The van der Waals surface area contributed by atoms with Crippen molar-refractivity contribution < 1.29 is 19.0 Å². The highest BCUT2D eigenvalue weighted by molar-refractivity contribution is 5.90. The average molecular weight is 382 g/mol. The van der Waals surface area contributed by atoms with Crippen LogP contribution in [-0.4, -0.2) is 33.3 Å². The van der Waals surface area contributed by atoms with Crippen LogP contribution in [0.1, 0.15) is 35.1 Å². The lowest BCUT2D eigenvalue weighted by atomic mass is 10.2. The fourth-order valence-electron chi connectivity index (χ4n) is 2.57. The van der Waals surface area contributed by atoms with Crippen LogP contribution in [0.3, 0.4) is 0 Å². The van der Waals surface area contributed by atoms with E-state index in [9.17, 15) is 4.79 Å². The summed E-state index contributed by atoms with van der Waals surface area (Å²) in [6.07, 6.45) is 0.883. The molecule has 3 aromatic rings. The molecule has 1 aromatic heterocycles. The van der Waals surface area contributed by atoms with Crippen LogP contribution in [0.4, 0.5) is 0 Å². The molecule has 0 saturated heterocycles. The van der Waals surface area contributed by atoms with Crippen LogP contribution >= 0.6 is 0 Å². The Bertz CT molecular complexity index is 912. The second-order valence-corrected chi connectivity index (χ2v) is 6.03. The highest BCUT2D eigenvalue weighted by atomic mass is 16.5. The van der Waals surface area contributed by atoms with Crippen LogP contribution in [0, 0.1) is 0 Å². The summed E-state index contributed by atoms with van der Waals surface area (Å²) >= 11 is 0. The van der Waals surface area contributed by atoms with Gasteiger partial charge in [0.2, 0.25) is 0 Å². The molecule has 0 unspecified atom stereocenters. The minimum absolute atomic E-state index is 0.000404. The molecule has 0 aliphatic heterocycles. The van der Waals surface area contributed by atoms with Gasteiger partial charge in [-0.15, -0.1) is 5.10 Å². The van der Waals surface area contributed by atoms with Crippen LogP contribution in [-0.2, 0) is 24.5 Å². The second kappa shape index (κ2) is 9.50. The molecule has 0 radical (unpaired) electrons. The Morgan fingerprint density at radius 1 is 1.07 bits per heavy atom. The summed E-state index contributed by atoms with van der Waals surface area (Å²) < 4.78 is 18.1. The Morgan fingerprint density at radius 3 is 2.64 bits per heavy atom. The molecule has 3 rings (SSSR count).